The normalized spacial score (nSPS) is 12.5. The largest absolute Gasteiger partial charge is 0.507 e. The lowest BCUT2D eigenvalue weighted by molar-refractivity contribution is -0.117. The number of aromatic hydroxyl groups is 1. The molecule has 0 aliphatic heterocycles. The lowest BCUT2D eigenvalue weighted by atomic mass is 9.89. The highest BCUT2D eigenvalue weighted by Crippen LogP contribution is 2.34. The number of carbonyl (C=O) groups excluding carboxylic acids is 1. The second-order valence-corrected chi connectivity index (χ2v) is 5.39. The van der Waals surface area contributed by atoms with Gasteiger partial charge in [-0.1, -0.05) is 31.9 Å². The van der Waals surface area contributed by atoms with Crippen molar-refractivity contribution in [2.24, 2.45) is 0 Å². The van der Waals surface area contributed by atoms with Gasteiger partial charge in [-0.3, -0.25) is 0 Å². The van der Waals surface area contributed by atoms with Crippen LogP contribution >= 0.6 is 0 Å². The molecular formula is C17H20O4. The summed E-state index contributed by atoms with van der Waals surface area (Å²) < 4.78 is 5.29. The first-order valence-corrected chi connectivity index (χ1v) is 7.28. The minimum Gasteiger partial charge on any atom is -0.507 e. The molecular weight excluding hydrogens is 268 g/mol. The quantitative estimate of drug-likeness (QED) is 0.822. The number of ketones is 1. The molecule has 1 N–H and O–H groups in total. The van der Waals surface area contributed by atoms with Crippen LogP contribution in [0.3, 0.4) is 0 Å². The summed E-state index contributed by atoms with van der Waals surface area (Å²) in [5, 5.41) is 11.0. The number of unbranched alkanes of at least 4 members (excludes halogenated alkanes) is 1. The summed E-state index contributed by atoms with van der Waals surface area (Å²) >= 11 is 0. The van der Waals surface area contributed by atoms with E-state index in [-0.39, 0.29) is 29.4 Å². The Balaban J connectivity index is 2.55. The first-order valence-electron chi connectivity index (χ1n) is 7.28. The Kier molecular flexibility index (Phi) is 4.78. The molecule has 0 saturated heterocycles. The van der Waals surface area contributed by atoms with Gasteiger partial charge in [0.05, 0.1) is 10.9 Å². The van der Waals surface area contributed by atoms with E-state index in [1.165, 1.54) is 6.92 Å². The fraction of sp³-hybridized carbons (Fsp3) is 0.412. The molecule has 0 amide bonds. The van der Waals surface area contributed by atoms with Crippen LogP contribution in [0.5, 0.6) is 5.75 Å². The highest BCUT2D eigenvalue weighted by Gasteiger charge is 2.23. The van der Waals surface area contributed by atoms with Gasteiger partial charge in [0, 0.05) is 12.3 Å². The fourth-order valence-electron chi connectivity index (χ4n) is 2.65. The van der Waals surface area contributed by atoms with Crippen molar-refractivity contribution in [3.05, 3.63) is 40.2 Å². The summed E-state index contributed by atoms with van der Waals surface area (Å²) in [5.74, 6) is -0.337. The Bertz CT molecular complexity index is 699. The third kappa shape index (κ3) is 3.32. The van der Waals surface area contributed by atoms with Crippen molar-refractivity contribution in [1.82, 2.24) is 0 Å². The van der Waals surface area contributed by atoms with Crippen molar-refractivity contribution < 1.29 is 14.3 Å². The molecule has 0 radical (unpaired) electrons. The maximum Gasteiger partial charge on any atom is 0.343 e. The Morgan fingerprint density at radius 2 is 2.05 bits per heavy atom. The zero-order valence-corrected chi connectivity index (χ0v) is 12.4. The van der Waals surface area contributed by atoms with E-state index in [0.29, 0.717) is 17.4 Å². The summed E-state index contributed by atoms with van der Waals surface area (Å²) in [6.07, 6.45) is 2.79. The standard InChI is InChI=1S/C17H20O4/c1-3-4-7-12(10-11(2)18)15-16(19)13-8-5-6-9-14(13)21-17(15)20/h5-6,8-9,12,19H,3-4,7,10H2,1-2H3/t12-/m1/s1. The number of para-hydroxylation sites is 1. The van der Waals surface area contributed by atoms with Crippen LogP contribution in [0.1, 0.15) is 51.0 Å². The first-order chi connectivity index (χ1) is 10.0. The van der Waals surface area contributed by atoms with Crippen molar-refractivity contribution in [3.8, 4) is 5.75 Å². The van der Waals surface area contributed by atoms with Crippen LogP contribution in [0.2, 0.25) is 0 Å². The van der Waals surface area contributed by atoms with E-state index in [0.717, 1.165) is 12.8 Å². The van der Waals surface area contributed by atoms with E-state index < -0.39 is 5.63 Å². The van der Waals surface area contributed by atoms with E-state index in [1.54, 1.807) is 24.3 Å². The lowest BCUT2D eigenvalue weighted by Crippen LogP contribution is -2.15. The summed E-state index contributed by atoms with van der Waals surface area (Å²) in [7, 11) is 0. The van der Waals surface area contributed by atoms with Crippen LogP contribution < -0.4 is 5.63 Å². The van der Waals surface area contributed by atoms with E-state index in [2.05, 4.69) is 0 Å². The molecule has 0 fully saturated rings. The molecule has 112 valence electrons. The smallest absolute Gasteiger partial charge is 0.343 e. The van der Waals surface area contributed by atoms with Gasteiger partial charge in [0.1, 0.15) is 17.1 Å². The second-order valence-electron chi connectivity index (χ2n) is 5.39. The molecule has 1 aromatic carbocycles. The summed E-state index contributed by atoms with van der Waals surface area (Å²) in [6, 6.07) is 6.88. The van der Waals surface area contributed by atoms with Gasteiger partial charge in [-0.15, -0.1) is 0 Å². The number of hydrogen-bond acceptors (Lipinski definition) is 4. The molecule has 4 heteroatoms. The van der Waals surface area contributed by atoms with E-state index in [1.807, 2.05) is 6.92 Å². The van der Waals surface area contributed by atoms with Gasteiger partial charge in [0.25, 0.3) is 0 Å². The molecule has 0 unspecified atom stereocenters. The van der Waals surface area contributed by atoms with Gasteiger partial charge in [-0.2, -0.15) is 0 Å². The molecule has 2 rings (SSSR count). The second kappa shape index (κ2) is 6.57. The first kappa shape index (κ1) is 15.3. The average Bonchev–Trinajstić information content (AvgIpc) is 2.44. The molecule has 1 atom stereocenters. The van der Waals surface area contributed by atoms with Gasteiger partial charge < -0.3 is 14.3 Å². The van der Waals surface area contributed by atoms with Crippen LogP contribution in [-0.4, -0.2) is 10.9 Å². The predicted octanol–water partition coefficient (Wildman–Crippen LogP) is 3.75. The van der Waals surface area contributed by atoms with Crippen molar-refractivity contribution in [1.29, 1.82) is 0 Å². The van der Waals surface area contributed by atoms with Gasteiger partial charge in [-0.25, -0.2) is 4.79 Å². The van der Waals surface area contributed by atoms with Crippen LogP contribution in [0, 0.1) is 0 Å². The zero-order valence-electron chi connectivity index (χ0n) is 12.4. The predicted molar refractivity (Wildman–Crippen MR) is 81.7 cm³/mol. The molecule has 2 aromatic rings. The maximum atomic E-state index is 12.2. The number of benzene rings is 1. The Hall–Kier alpha value is -2.10. The molecule has 1 aromatic heterocycles. The van der Waals surface area contributed by atoms with Crippen LogP contribution in [0.25, 0.3) is 11.0 Å². The molecule has 0 aliphatic rings. The van der Waals surface area contributed by atoms with E-state index >= 15 is 0 Å². The van der Waals surface area contributed by atoms with Crippen LogP contribution in [0.4, 0.5) is 0 Å². The third-order valence-electron chi connectivity index (χ3n) is 3.67. The molecule has 21 heavy (non-hydrogen) atoms. The van der Waals surface area contributed by atoms with E-state index in [9.17, 15) is 14.7 Å². The van der Waals surface area contributed by atoms with Gasteiger partial charge in [0.15, 0.2) is 0 Å². The van der Waals surface area contributed by atoms with Crippen molar-refractivity contribution >= 4 is 16.8 Å². The number of rotatable bonds is 6. The highest BCUT2D eigenvalue weighted by molar-refractivity contribution is 5.84. The van der Waals surface area contributed by atoms with Crippen LogP contribution in [-0.2, 0) is 4.79 Å². The number of hydrogen-bond donors (Lipinski definition) is 1. The number of Topliss-reactive ketones (excluding diaryl/α,β-unsaturated/α-hetero) is 1. The monoisotopic (exact) mass is 288 g/mol. The summed E-state index contributed by atoms with van der Waals surface area (Å²) in [6.45, 7) is 3.55. The average molecular weight is 288 g/mol. The molecule has 4 nitrogen and oxygen atoms in total. The number of fused-ring (bicyclic) bond motifs is 1. The summed E-state index contributed by atoms with van der Waals surface area (Å²) in [4.78, 5) is 23.7. The fourth-order valence-corrected chi connectivity index (χ4v) is 2.65. The molecule has 0 bridgehead atoms. The number of carbonyl (C=O) groups is 1. The van der Waals surface area contributed by atoms with Gasteiger partial charge in [0.2, 0.25) is 0 Å². The summed E-state index contributed by atoms with van der Waals surface area (Å²) in [5.41, 5.74) is 0.0479. The highest BCUT2D eigenvalue weighted by atomic mass is 16.4. The lowest BCUT2D eigenvalue weighted by Gasteiger charge is -2.16. The molecule has 0 spiro atoms. The van der Waals surface area contributed by atoms with Crippen LogP contribution in [0.15, 0.2) is 33.5 Å². The molecule has 0 aliphatic carbocycles. The van der Waals surface area contributed by atoms with E-state index in [4.69, 9.17) is 4.42 Å². The third-order valence-corrected chi connectivity index (χ3v) is 3.67. The maximum absolute atomic E-state index is 12.2. The van der Waals surface area contributed by atoms with Gasteiger partial charge >= 0.3 is 5.63 Å². The molecule has 1 heterocycles. The Morgan fingerprint density at radius 3 is 2.71 bits per heavy atom. The van der Waals surface area contributed by atoms with Crippen molar-refractivity contribution in [3.63, 3.8) is 0 Å². The van der Waals surface area contributed by atoms with Crippen molar-refractivity contribution in [2.75, 3.05) is 0 Å². The van der Waals surface area contributed by atoms with Gasteiger partial charge in [-0.05, 0) is 25.5 Å². The van der Waals surface area contributed by atoms with Crippen molar-refractivity contribution in [2.45, 2.75) is 45.4 Å². The minimum atomic E-state index is -0.548. The Labute approximate surface area is 123 Å². The topological polar surface area (TPSA) is 67.5 Å². The zero-order chi connectivity index (χ0) is 15.4. The SMILES string of the molecule is CCCC[C@H](CC(C)=O)c1c(O)c2ccccc2oc1=O. The minimum absolute atomic E-state index is 0.00283. The Morgan fingerprint density at radius 1 is 1.33 bits per heavy atom. The molecule has 0 saturated carbocycles.